The van der Waals surface area contributed by atoms with Crippen molar-refractivity contribution in [1.29, 1.82) is 0 Å². The fraction of sp³-hybridized carbons (Fsp3) is 0.438. The molecule has 2 rings (SSSR count). The van der Waals surface area contributed by atoms with Gasteiger partial charge in [-0.05, 0) is 36.9 Å². The first kappa shape index (κ1) is 15.9. The fourth-order valence-corrected chi connectivity index (χ4v) is 2.30. The molecular formula is C16H21NO3S. The molecule has 1 heterocycles. The Bertz CT molecular complexity index is 607. The molecule has 1 aromatic heterocycles. The Balaban J connectivity index is 2.02. The van der Waals surface area contributed by atoms with E-state index in [-0.39, 0.29) is 11.7 Å². The van der Waals surface area contributed by atoms with Crippen molar-refractivity contribution < 1.29 is 13.9 Å². The lowest BCUT2D eigenvalue weighted by Crippen LogP contribution is -2.09. The second kappa shape index (κ2) is 7.52. The molecule has 0 saturated carbocycles. The van der Waals surface area contributed by atoms with Crippen LogP contribution in [0.4, 0.5) is 0 Å². The number of benzene rings is 1. The lowest BCUT2D eigenvalue weighted by molar-refractivity contribution is 0.0913. The van der Waals surface area contributed by atoms with E-state index in [0.717, 1.165) is 29.7 Å². The predicted molar refractivity (Wildman–Crippen MR) is 87.0 cm³/mol. The number of nitrogens with one attached hydrogen (secondary N) is 1. The minimum atomic E-state index is -0.0646. The van der Waals surface area contributed by atoms with Gasteiger partial charge in [-0.15, -0.1) is 0 Å². The molecule has 0 aliphatic rings. The molecule has 0 bridgehead atoms. The first-order valence-electron chi connectivity index (χ1n) is 7.08. The van der Waals surface area contributed by atoms with Gasteiger partial charge in [0, 0.05) is 17.8 Å². The van der Waals surface area contributed by atoms with Crippen LogP contribution in [-0.2, 0) is 0 Å². The number of Topliss-reactive ketones (excluding diaryl/α,β-unsaturated/α-hetero) is 1. The molecule has 0 radical (unpaired) electrons. The van der Waals surface area contributed by atoms with Crippen LogP contribution in [0.15, 0.2) is 28.7 Å². The minimum absolute atomic E-state index is 0.0248. The summed E-state index contributed by atoms with van der Waals surface area (Å²) in [5.74, 6) is 1.18. The number of carbonyl (C=O) groups excluding carboxylic acids is 1. The normalized spacial score (nSPS) is 11.2. The molecule has 0 spiro atoms. The van der Waals surface area contributed by atoms with Gasteiger partial charge in [-0.2, -0.15) is 0 Å². The molecule has 0 saturated heterocycles. The first-order chi connectivity index (χ1) is 10.1. The summed E-state index contributed by atoms with van der Waals surface area (Å²) >= 11 is 1.61. The van der Waals surface area contributed by atoms with E-state index in [9.17, 15) is 4.79 Å². The van der Waals surface area contributed by atoms with E-state index in [1.165, 1.54) is 0 Å². The van der Waals surface area contributed by atoms with Gasteiger partial charge < -0.3 is 9.15 Å². The van der Waals surface area contributed by atoms with Gasteiger partial charge in [-0.1, -0.05) is 25.8 Å². The van der Waals surface area contributed by atoms with Crippen LogP contribution in [0.5, 0.6) is 5.75 Å². The number of ketones is 1. The number of carbonyl (C=O) groups is 1. The van der Waals surface area contributed by atoms with Crippen LogP contribution in [0.25, 0.3) is 11.0 Å². The Labute approximate surface area is 129 Å². The zero-order valence-corrected chi connectivity index (χ0v) is 13.5. The first-order valence-corrected chi connectivity index (χ1v) is 8.30. The van der Waals surface area contributed by atoms with Crippen molar-refractivity contribution in [1.82, 2.24) is 4.72 Å². The molecule has 0 aliphatic heterocycles. The number of rotatable bonds is 8. The highest BCUT2D eigenvalue weighted by atomic mass is 32.2. The Morgan fingerprint density at radius 1 is 1.38 bits per heavy atom. The highest BCUT2D eigenvalue weighted by Gasteiger charge is 2.15. The van der Waals surface area contributed by atoms with Gasteiger partial charge in [0.05, 0.1) is 6.61 Å². The molecule has 1 aromatic carbocycles. The number of fused-ring (bicyclic) bond motifs is 1. The molecule has 0 atom stereocenters. The average molecular weight is 307 g/mol. The SMILES string of the molecule is CSNCCCOc1ccc2oc(C(=O)C(C)C)cc2c1. The summed E-state index contributed by atoms with van der Waals surface area (Å²) in [6.07, 6.45) is 2.95. The van der Waals surface area contributed by atoms with Crippen molar-refractivity contribution in [2.45, 2.75) is 20.3 Å². The smallest absolute Gasteiger partial charge is 0.200 e. The molecule has 21 heavy (non-hydrogen) atoms. The molecule has 0 amide bonds. The quantitative estimate of drug-likeness (QED) is 0.455. The van der Waals surface area contributed by atoms with E-state index in [4.69, 9.17) is 9.15 Å². The van der Waals surface area contributed by atoms with Gasteiger partial charge >= 0.3 is 0 Å². The summed E-state index contributed by atoms with van der Waals surface area (Å²) in [4.78, 5) is 11.9. The highest BCUT2D eigenvalue weighted by Crippen LogP contribution is 2.25. The standard InChI is InChI=1S/C16H21NO3S/c1-11(2)16(18)15-10-12-9-13(5-6-14(12)20-15)19-8-4-7-17-21-3/h5-6,9-11,17H,4,7-8H2,1-3H3. The molecular weight excluding hydrogens is 286 g/mol. The summed E-state index contributed by atoms with van der Waals surface area (Å²) in [5, 5.41) is 0.902. The largest absolute Gasteiger partial charge is 0.494 e. The minimum Gasteiger partial charge on any atom is -0.494 e. The fourth-order valence-electron chi connectivity index (χ4n) is 1.95. The molecule has 5 heteroatoms. The third-order valence-corrected chi connectivity index (χ3v) is 3.58. The molecule has 4 nitrogen and oxygen atoms in total. The highest BCUT2D eigenvalue weighted by molar-refractivity contribution is 7.96. The van der Waals surface area contributed by atoms with Gasteiger partial charge in [-0.3, -0.25) is 9.52 Å². The van der Waals surface area contributed by atoms with E-state index in [2.05, 4.69) is 4.72 Å². The number of hydrogen-bond donors (Lipinski definition) is 1. The van der Waals surface area contributed by atoms with Crippen molar-refractivity contribution in [2.75, 3.05) is 19.4 Å². The Hall–Kier alpha value is -1.46. The maximum Gasteiger partial charge on any atom is 0.200 e. The van der Waals surface area contributed by atoms with Crippen LogP contribution in [-0.4, -0.2) is 25.2 Å². The van der Waals surface area contributed by atoms with E-state index >= 15 is 0 Å². The third kappa shape index (κ3) is 4.25. The van der Waals surface area contributed by atoms with Gasteiger partial charge in [-0.25, -0.2) is 0 Å². The van der Waals surface area contributed by atoms with Crippen LogP contribution < -0.4 is 9.46 Å². The molecule has 0 unspecified atom stereocenters. The van der Waals surface area contributed by atoms with Gasteiger partial charge in [0.1, 0.15) is 11.3 Å². The van der Waals surface area contributed by atoms with Crippen LogP contribution in [0, 0.1) is 5.92 Å². The van der Waals surface area contributed by atoms with Crippen LogP contribution in [0.1, 0.15) is 30.8 Å². The lowest BCUT2D eigenvalue weighted by Gasteiger charge is -2.05. The van der Waals surface area contributed by atoms with Crippen LogP contribution in [0.3, 0.4) is 0 Å². The summed E-state index contributed by atoms with van der Waals surface area (Å²) in [7, 11) is 0. The third-order valence-electron chi connectivity index (χ3n) is 3.09. The van der Waals surface area contributed by atoms with Crippen molar-refractivity contribution in [2.24, 2.45) is 5.92 Å². The molecule has 0 aliphatic carbocycles. The number of hydrogen-bond acceptors (Lipinski definition) is 5. The predicted octanol–water partition coefficient (Wildman–Crippen LogP) is 3.91. The summed E-state index contributed by atoms with van der Waals surface area (Å²) in [5.41, 5.74) is 0.718. The van der Waals surface area contributed by atoms with Gasteiger partial charge in [0.25, 0.3) is 0 Å². The Kier molecular flexibility index (Phi) is 5.70. The van der Waals surface area contributed by atoms with Crippen LogP contribution in [0.2, 0.25) is 0 Å². The summed E-state index contributed by atoms with van der Waals surface area (Å²) < 4.78 is 14.5. The molecule has 1 N–H and O–H groups in total. The Morgan fingerprint density at radius 3 is 2.90 bits per heavy atom. The Morgan fingerprint density at radius 2 is 2.19 bits per heavy atom. The second-order valence-corrected chi connectivity index (χ2v) is 5.83. The van der Waals surface area contributed by atoms with Crippen molar-refractivity contribution >= 4 is 28.7 Å². The molecule has 114 valence electrons. The van der Waals surface area contributed by atoms with Crippen LogP contribution >= 0.6 is 11.9 Å². The van der Waals surface area contributed by atoms with Crippen molar-refractivity contribution in [3.05, 3.63) is 30.0 Å². The molecule has 0 fully saturated rings. The number of ether oxygens (including phenoxy) is 1. The van der Waals surface area contributed by atoms with Gasteiger partial charge in [0.2, 0.25) is 5.78 Å². The zero-order valence-electron chi connectivity index (χ0n) is 12.6. The van der Waals surface area contributed by atoms with Crippen molar-refractivity contribution in [3.8, 4) is 5.75 Å². The van der Waals surface area contributed by atoms with Crippen molar-refractivity contribution in [3.63, 3.8) is 0 Å². The zero-order chi connectivity index (χ0) is 15.2. The van der Waals surface area contributed by atoms with E-state index in [1.54, 1.807) is 18.0 Å². The summed E-state index contributed by atoms with van der Waals surface area (Å²) in [6.45, 7) is 5.32. The lowest BCUT2D eigenvalue weighted by atomic mass is 10.1. The molecule has 2 aromatic rings. The monoisotopic (exact) mass is 307 g/mol. The maximum atomic E-state index is 11.9. The van der Waals surface area contributed by atoms with E-state index in [0.29, 0.717) is 12.4 Å². The van der Waals surface area contributed by atoms with E-state index in [1.807, 2.05) is 38.3 Å². The van der Waals surface area contributed by atoms with Gasteiger partial charge in [0.15, 0.2) is 5.76 Å². The number of furan rings is 1. The second-order valence-electron chi connectivity index (χ2n) is 5.13. The van der Waals surface area contributed by atoms with E-state index < -0.39 is 0 Å². The summed E-state index contributed by atoms with van der Waals surface area (Å²) in [6, 6.07) is 7.43. The maximum absolute atomic E-state index is 11.9. The average Bonchev–Trinajstić information content (AvgIpc) is 2.89. The topological polar surface area (TPSA) is 51.5 Å².